The molecule has 90 valence electrons. The lowest BCUT2D eigenvalue weighted by Crippen LogP contribution is -2.05. The molecule has 17 heavy (non-hydrogen) atoms. The van der Waals surface area contributed by atoms with Crippen LogP contribution in [0.5, 0.6) is 0 Å². The molecule has 0 saturated carbocycles. The van der Waals surface area contributed by atoms with Crippen molar-refractivity contribution < 1.29 is 0 Å². The van der Waals surface area contributed by atoms with E-state index in [0.717, 1.165) is 16.3 Å². The average molecular weight is 266 g/mol. The Hall–Kier alpha value is -0.990. The SMILES string of the molecule is Cc1ccc(NC(C)c2sccc2C)cc1Cl. The lowest BCUT2D eigenvalue weighted by atomic mass is 10.1. The summed E-state index contributed by atoms with van der Waals surface area (Å²) < 4.78 is 0. The Morgan fingerprint density at radius 2 is 1.94 bits per heavy atom. The van der Waals surface area contributed by atoms with Gasteiger partial charge < -0.3 is 5.32 Å². The normalized spacial score (nSPS) is 12.5. The van der Waals surface area contributed by atoms with Crippen LogP contribution in [0.15, 0.2) is 29.6 Å². The second-order valence-electron chi connectivity index (χ2n) is 4.30. The molecule has 0 bridgehead atoms. The van der Waals surface area contributed by atoms with E-state index in [9.17, 15) is 0 Å². The number of hydrogen-bond acceptors (Lipinski definition) is 2. The van der Waals surface area contributed by atoms with Crippen LogP contribution in [-0.2, 0) is 0 Å². The fourth-order valence-electron chi connectivity index (χ4n) is 1.83. The molecule has 0 spiro atoms. The molecule has 0 aliphatic heterocycles. The summed E-state index contributed by atoms with van der Waals surface area (Å²) in [5.74, 6) is 0. The monoisotopic (exact) mass is 265 g/mol. The van der Waals surface area contributed by atoms with Crippen molar-refractivity contribution in [2.45, 2.75) is 26.8 Å². The first-order valence-electron chi connectivity index (χ1n) is 5.64. The summed E-state index contributed by atoms with van der Waals surface area (Å²) in [7, 11) is 0. The Bertz CT molecular complexity index is 519. The minimum atomic E-state index is 0.314. The van der Waals surface area contributed by atoms with E-state index >= 15 is 0 Å². The van der Waals surface area contributed by atoms with Crippen LogP contribution in [0.1, 0.15) is 29.0 Å². The van der Waals surface area contributed by atoms with Crippen LogP contribution >= 0.6 is 22.9 Å². The number of nitrogens with one attached hydrogen (secondary N) is 1. The molecule has 0 aliphatic carbocycles. The third-order valence-corrected chi connectivity index (χ3v) is 4.46. The van der Waals surface area contributed by atoms with Gasteiger partial charge in [0.2, 0.25) is 0 Å². The minimum absolute atomic E-state index is 0.314. The summed E-state index contributed by atoms with van der Waals surface area (Å²) in [5.41, 5.74) is 3.52. The van der Waals surface area contributed by atoms with Crippen molar-refractivity contribution in [2.24, 2.45) is 0 Å². The fourth-order valence-corrected chi connectivity index (χ4v) is 2.94. The maximum Gasteiger partial charge on any atom is 0.0581 e. The molecule has 0 saturated heterocycles. The molecule has 3 heteroatoms. The second-order valence-corrected chi connectivity index (χ2v) is 5.65. The zero-order valence-electron chi connectivity index (χ0n) is 10.3. The van der Waals surface area contributed by atoms with Gasteiger partial charge in [0.25, 0.3) is 0 Å². The first kappa shape index (κ1) is 12.5. The van der Waals surface area contributed by atoms with Gasteiger partial charge in [0.15, 0.2) is 0 Å². The highest BCUT2D eigenvalue weighted by Gasteiger charge is 2.09. The fraction of sp³-hybridized carbons (Fsp3) is 0.286. The van der Waals surface area contributed by atoms with Gasteiger partial charge in [0.1, 0.15) is 0 Å². The summed E-state index contributed by atoms with van der Waals surface area (Å²) in [6.07, 6.45) is 0. The van der Waals surface area contributed by atoms with Crippen LogP contribution in [0.4, 0.5) is 5.69 Å². The lowest BCUT2D eigenvalue weighted by molar-refractivity contribution is 0.899. The van der Waals surface area contributed by atoms with Gasteiger partial charge in [-0.2, -0.15) is 0 Å². The summed E-state index contributed by atoms with van der Waals surface area (Å²) in [5, 5.41) is 6.42. The number of benzene rings is 1. The number of aryl methyl sites for hydroxylation is 2. The van der Waals surface area contributed by atoms with Gasteiger partial charge >= 0.3 is 0 Å². The van der Waals surface area contributed by atoms with Crippen LogP contribution in [0.25, 0.3) is 0 Å². The number of hydrogen-bond donors (Lipinski definition) is 1. The molecule has 0 fully saturated rings. The van der Waals surface area contributed by atoms with Crippen LogP contribution in [-0.4, -0.2) is 0 Å². The molecular formula is C14H16ClNS. The first-order valence-corrected chi connectivity index (χ1v) is 6.90. The van der Waals surface area contributed by atoms with Crippen molar-refractivity contribution in [1.29, 1.82) is 0 Å². The molecule has 0 radical (unpaired) electrons. The van der Waals surface area contributed by atoms with Crippen LogP contribution < -0.4 is 5.32 Å². The van der Waals surface area contributed by atoms with E-state index in [0.29, 0.717) is 6.04 Å². The van der Waals surface area contributed by atoms with Gasteiger partial charge in [-0.1, -0.05) is 17.7 Å². The van der Waals surface area contributed by atoms with Crippen molar-refractivity contribution in [3.05, 3.63) is 50.7 Å². The van der Waals surface area contributed by atoms with Gasteiger partial charge in [-0.3, -0.25) is 0 Å². The molecule has 1 atom stereocenters. The van der Waals surface area contributed by atoms with Crippen molar-refractivity contribution in [1.82, 2.24) is 0 Å². The van der Waals surface area contributed by atoms with Gasteiger partial charge in [-0.05, 0) is 55.5 Å². The van der Waals surface area contributed by atoms with Crippen molar-refractivity contribution >= 4 is 28.6 Å². The smallest absolute Gasteiger partial charge is 0.0581 e. The van der Waals surface area contributed by atoms with Crippen molar-refractivity contribution in [3.63, 3.8) is 0 Å². The van der Waals surface area contributed by atoms with Crippen LogP contribution in [0.2, 0.25) is 5.02 Å². The third-order valence-electron chi connectivity index (χ3n) is 2.85. The van der Waals surface area contributed by atoms with Gasteiger partial charge in [0, 0.05) is 15.6 Å². The topological polar surface area (TPSA) is 12.0 Å². The highest BCUT2D eigenvalue weighted by Crippen LogP contribution is 2.28. The maximum absolute atomic E-state index is 6.12. The lowest BCUT2D eigenvalue weighted by Gasteiger charge is -2.15. The zero-order valence-corrected chi connectivity index (χ0v) is 11.8. The van der Waals surface area contributed by atoms with Gasteiger partial charge in [-0.15, -0.1) is 11.3 Å². The minimum Gasteiger partial charge on any atom is -0.378 e. The Balaban J connectivity index is 2.16. The van der Waals surface area contributed by atoms with Crippen molar-refractivity contribution in [2.75, 3.05) is 5.32 Å². The van der Waals surface area contributed by atoms with E-state index in [2.05, 4.69) is 36.7 Å². The molecule has 2 rings (SSSR count). The van der Waals surface area contributed by atoms with Gasteiger partial charge in [-0.25, -0.2) is 0 Å². The standard InChI is InChI=1S/C14H16ClNS/c1-9-4-5-12(8-13(9)15)16-11(3)14-10(2)6-7-17-14/h4-8,11,16H,1-3H3. The molecule has 0 aliphatic rings. The number of halogens is 1. The predicted octanol–water partition coefficient (Wildman–Crippen LogP) is 5.19. The largest absolute Gasteiger partial charge is 0.378 e. The highest BCUT2D eigenvalue weighted by atomic mass is 35.5. The van der Waals surface area contributed by atoms with E-state index in [1.165, 1.54) is 10.4 Å². The van der Waals surface area contributed by atoms with E-state index < -0.39 is 0 Å². The molecule has 1 unspecified atom stereocenters. The van der Waals surface area contributed by atoms with E-state index in [1.54, 1.807) is 11.3 Å². The molecule has 1 N–H and O–H groups in total. The molecule has 1 aromatic carbocycles. The molecular weight excluding hydrogens is 250 g/mol. The van der Waals surface area contributed by atoms with E-state index in [-0.39, 0.29) is 0 Å². The van der Waals surface area contributed by atoms with Crippen LogP contribution in [0.3, 0.4) is 0 Å². The summed E-state index contributed by atoms with van der Waals surface area (Å²) in [4.78, 5) is 1.38. The molecule has 2 aromatic rings. The highest BCUT2D eigenvalue weighted by molar-refractivity contribution is 7.10. The Morgan fingerprint density at radius 3 is 2.53 bits per heavy atom. The van der Waals surface area contributed by atoms with E-state index in [1.807, 2.05) is 19.1 Å². The molecule has 0 amide bonds. The number of thiophene rings is 1. The Morgan fingerprint density at radius 1 is 1.18 bits per heavy atom. The number of rotatable bonds is 3. The van der Waals surface area contributed by atoms with E-state index in [4.69, 9.17) is 11.6 Å². The predicted molar refractivity (Wildman–Crippen MR) is 77.3 cm³/mol. The van der Waals surface area contributed by atoms with Crippen LogP contribution in [0, 0.1) is 13.8 Å². The number of anilines is 1. The molecule has 1 aromatic heterocycles. The molecule has 1 heterocycles. The third kappa shape index (κ3) is 2.82. The Kier molecular flexibility index (Phi) is 3.75. The average Bonchev–Trinajstić information content (AvgIpc) is 2.70. The summed E-state index contributed by atoms with van der Waals surface area (Å²) in [6.45, 7) is 6.33. The summed E-state index contributed by atoms with van der Waals surface area (Å²) >= 11 is 7.90. The van der Waals surface area contributed by atoms with Gasteiger partial charge in [0.05, 0.1) is 6.04 Å². The first-order chi connectivity index (χ1) is 8.08. The maximum atomic E-state index is 6.12. The molecule has 1 nitrogen and oxygen atoms in total. The second kappa shape index (κ2) is 5.11. The zero-order chi connectivity index (χ0) is 12.4. The van der Waals surface area contributed by atoms with Crippen molar-refractivity contribution in [3.8, 4) is 0 Å². The quantitative estimate of drug-likeness (QED) is 0.805. The summed E-state index contributed by atoms with van der Waals surface area (Å²) in [6, 6.07) is 8.56. The Labute approximate surface area is 111 Å².